The molecule has 8 heteroatoms. The van der Waals surface area contributed by atoms with Crippen molar-refractivity contribution in [2.45, 2.75) is 25.8 Å². The van der Waals surface area contributed by atoms with Gasteiger partial charge < -0.3 is 14.4 Å². The summed E-state index contributed by atoms with van der Waals surface area (Å²) >= 11 is 11.6. The molecule has 0 N–H and O–H groups in total. The quantitative estimate of drug-likeness (QED) is 0.383. The predicted molar refractivity (Wildman–Crippen MR) is 140 cm³/mol. The Morgan fingerprint density at radius 3 is 2.50 bits per heavy atom. The third kappa shape index (κ3) is 4.10. The number of para-hydroxylation sites is 1. The predicted octanol–water partition coefficient (Wildman–Crippen LogP) is 4.91. The lowest BCUT2D eigenvalue weighted by atomic mass is 10.1. The summed E-state index contributed by atoms with van der Waals surface area (Å²) in [5, 5.41) is 1.98. The molecule has 0 atom stereocenters. The number of amides is 2. The summed E-state index contributed by atoms with van der Waals surface area (Å²) in [5.41, 5.74) is 2.98. The number of carbonyl (C=O) groups is 2. The number of hydrogen-bond acceptors (Lipinski definition) is 3. The summed E-state index contributed by atoms with van der Waals surface area (Å²) in [6.45, 7) is 1.93. The molecule has 0 aliphatic carbocycles. The number of carbonyl (C=O) groups excluding carboxylic acids is 2. The maximum atomic E-state index is 13.4. The van der Waals surface area contributed by atoms with Crippen molar-refractivity contribution >= 4 is 63.4 Å². The number of likely N-dealkylation sites (N-methyl/N-ethyl adjacent to an activating group) is 1. The monoisotopic (exact) mass is 492 g/mol. The molecule has 6 nitrogen and oxygen atoms in total. The number of anilines is 1. The van der Waals surface area contributed by atoms with Crippen LogP contribution in [-0.4, -0.2) is 51.4 Å². The van der Waals surface area contributed by atoms with Gasteiger partial charge in [0.1, 0.15) is 12.2 Å². The van der Waals surface area contributed by atoms with Crippen molar-refractivity contribution in [2.24, 2.45) is 0 Å². The molecular formula is C26H25ClN4O2S. The first-order valence-electron chi connectivity index (χ1n) is 11.4. The fourth-order valence-corrected chi connectivity index (χ4v) is 5.04. The van der Waals surface area contributed by atoms with Gasteiger partial charge in [-0.25, -0.2) is 0 Å². The molecule has 1 aromatic heterocycles. The molecule has 5 rings (SSSR count). The summed E-state index contributed by atoms with van der Waals surface area (Å²) in [5.74, 6) is -0.0696. The Bertz CT molecular complexity index is 1310. The van der Waals surface area contributed by atoms with Gasteiger partial charge in [0.15, 0.2) is 5.11 Å². The Balaban J connectivity index is 1.49. The number of nitrogens with zero attached hydrogens (tertiary/aromatic N) is 4. The molecule has 2 fully saturated rings. The number of benzene rings is 2. The highest BCUT2D eigenvalue weighted by molar-refractivity contribution is 7.80. The van der Waals surface area contributed by atoms with Crippen molar-refractivity contribution in [3.63, 3.8) is 0 Å². The van der Waals surface area contributed by atoms with Gasteiger partial charge in [0.05, 0.1) is 5.69 Å². The summed E-state index contributed by atoms with van der Waals surface area (Å²) in [7, 11) is 1.79. The minimum atomic E-state index is -0.198. The summed E-state index contributed by atoms with van der Waals surface area (Å²) in [6, 6.07) is 15.0. The van der Waals surface area contributed by atoms with Crippen LogP contribution in [0.1, 0.15) is 24.8 Å². The molecule has 2 saturated heterocycles. The minimum Gasteiger partial charge on any atom is -0.341 e. The second kappa shape index (κ2) is 9.24. The van der Waals surface area contributed by atoms with E-state index in [-0.39, 0.29) is 18.4 Å². The maximum absolute atomic E-state index is 13.4. The van der Waals surface area contributed by atoms with Crippen molar-refractivity contribution in [1.82, 2.24) is 14.4 Å². The van der Waals surface area contributed by atoms with Gasteiger partial charge in [-0.2, -0.15) is 0 Å². The van der Waals surface area contributed by atoms with Gasteiger partial charge in [-0.3, -0.25) is 14.5 Å². The van der Waals surface area contributed by atoms with E-state index in [9.17, 15) is 9.59 Å². The fraction of sp³-hybridized carbons (Fsp3) is 0.269. The number of hydrogen-bond donors (Lipinski definition) is 0. The van der Waals surface area contributed by atoms with Crippen LogP contribution in [0.5, 0.6) is 0 Å². The van der Waals surface area contributed by atoms with E-state index in [1.165, 1.54) is 11.3 Å². The molecule has 0 bridgehead atoms. The standard InChI is InChI=1S/C26H25ClN4O2S/c1-28-23(25(33)31(26(28)34)20-11-9-19(27)10-12-20)15-18-16-30(22-8-4-3-7-21(18)22)17-24(32)29-13-5-2-6-14-29/h3-4,7-12,15-16H,2,5-6,13-14,17H2,1H3/b23-15-. The van der Waals surface area contributed by atoms with Crippen LogP contribution < -0.4 is 4.90 Å². The minimum absolute atomic E-state index is 0.129. The van der Waals surface area contributed by atoms with Crippen molar-refractivity contribution < 1.29 is 9.59 Å². The molecule has 0 radical (unpaired) electrons. The van der Waals surface area contributed by atoms with Crippen LogP contribution in [0.4, 0.5) is 5.69 Å². The molecule has 0 saturated carbocycles. The van der Waals surface area contributed by atoms with Gasteiger partial charge in [0.2, 0.25) is 5.91 Å². The summed E-state index contributed by atoms with van der Waals surface area (Å²) in [6.07, 6.45) is 7.12. The number of thiocarbonyl (C=S) groups is 1. The zero-order chi connectivity index (χ0) is 23.8. The zero-order valence-corrected chi connectivity index (χ0v) is 20.5. The van der Waals surface area contributed by atoms with E-state index in [0.717, 1.165) is 42.4 Å². The van der Waals surface area contributed by atoms with E-state index in [1.807, 2.05) is 46.0 Å². The number of fused-ring (bicyclic) bond motifs is 1. The molecule has 0 unspecified atom stereocenters. The Hall–Kier alpha value is -3.16. The number of likely N-dealkylation sites (tertiary alicyclic amines) is 1. The van der Waals surface area contributed by atoms with Crippen LogP contribution in [0.2, 0.25) is 5.02 Å². The van der Waals surface area contributed by atoms with E-state index in [4.69, 9.17) is 23.8 Å². The van der Waals surface area contributed by atoms with E-state index in [2.05, 4.69) is 0 Å². The van der Waals surface area contributed by atoms with Gasteiger partial charge in [0, 0.05) is 47.8 Å². The van der Waals surface area contributed by atoms with Crippen LogP contribution in [0.25, 0.3) is 17.0 Å². The van der Waals surface area contributed by atoms with Crippen LogP contribution >= 0.6 is 23.8 Å². The first kappa shape index (κ1) is 22.6. The highest BCUT2D eigenvalue weighted by Crippen LogP contribution is 2.31. The van der Waals surface area contributed by atoms with Gasteiger partial charge in [0.25, 0.3) is 5.91 Å². The van der Waals surface area contributed by atoms with Crippen LogP contribution in [0.15, 0.2) is 60.4 Å². The van der Waals surface area contributed by atoms with Crippen molar-refractivity contribution in [1.29, 1.82) is 0 Å². The lowest BCUT2D eigenvalue weighted by molar-refractivity contribution is -0.132. The van der Waals surface area contributed by atoms with Crippen molar-refractivity contribution in [3.8, 4) is 0 Å². The molecule has 2 amide bonds. The average molecular weight is 493 g/mol. The van der Waals surface area contributed by atoms with Gasteiger partial charge >= 0.3 is 0 Å². The Labute approximate surface area is 209 Å². The zero-order valence-electron chi connectivity index (χ0n) is 18.9. The molecule has 2 aliphatic heterocycles. The second-order valence-corrected chi connectivity index (χ2v) is 9.46. The summed E-state index contributed by atoms with van der Waals surface area (Å²) < 4.78 is 1.98. The molecule has 2 aromatic carbocycles. The molecule has 0 spiro atoms. The molecule has 3 aromatic rings. The van der Waals surface area contributed by atoms with E-state index in [0.29, 0.717) is 21.5 Å². The SMILES string of the molecule is CN1C(=S)N(c2ccc(Cl)cc2)C(=O)/C1=C/c1cn(CC(=O)N2CCCCC2)c2ccccc12. The molecule has 3 heterocycles. The van der Waals surface area contributed by atoms with Crippen molar-refractivity contribution in [2.75, 3.05) is 25.0 Å². The average Bonchev–Trinajstić information content (AvgIpc) is 3.30. The van der Waals surface area contributed by atoms with Crippen LogP contribution in [0.3, 0.4) is 0 Å². The van der Waals surface area contributed by atoms with E-state index in [1.54, 1.807) is 36.2 Å². The lowest BCUT2D eigenvalue weighted by Gasteiger charge is -2.27. The van der Waals surface area contributed by atoms with E-state index >= 15 is 0 Å². The van der Waals surface area contributed by atoms with Crippen LogP contribution in [0, 0.1) is 0 Å². The highest BCUT2D eigenvalue weighted by Gasteiger charge is 2.37. The van der Waals surface area contributed by atoms with Crippen molar-refractivity contribution in [3.05, 3.63) is 71.0 Å². The fourth-order valence-electron chi connectivity index (χ4n) is 4.63. The topological polar surface area (TPSA) is 48.8 Å². The smallest absolute Gasteiger partial charge is 0.281 e. The van der Waals surface area contributed by atoms with Gasteiger partial charge in [-0.1, -0.05) is 29.8 Å². The first-order chi connectivity index (χ1) is 16.4. The number of rotatable bonds is 4. The molecule has 2 aliphatic rings. The highest BCUT2D eigenvalue weighted by atomic mass is 35.5. The molecule has 34 heavy (non-hydrogen) atoms. The second-order valence-electron chi connectivity index (χ2n) is 8.66. The first-order valence-corrected chi connectivity index (χ1v) is 12.2. The van der Waals surface area contributed by atoms with Gasteiger partial charge in [-0.05, 0) is 67.9 Å². The molecule has 174 valence electrons. The number of aromatic nitrogens is 1. The van der Waals surface area contributed by atoms with E-state index < -0.39 is 0 Å². The third-order valence-corrected chi connectivity index (χ3v) is 7.18. The number of piperidine rings is 1. The largest absolute Gasteiger partial charge is 0.341 e. The lowest BCUT2D eigenvalue weighted by Crippen LogP contribution is -2.37. The Kier molecular flexibility index (Phi) is 6.15. The number of halogens is 1. The third-order valence-electron chi connectivity index (χ3n) is 6.47. The Morgan fingerprint density at radius 1 is 1.06 bits per heavy atom. The molecular weight excluding hydrogens is 468 g/mol. The maximum Gasteiger partial charge on any atom is 0.281 e. The van der Waals surface area contributed by atoms with Gasteiger partial charge in [-0.15, -0.1) is 0 Å². The van der Waals surface area contributed by atoms with Crippen LogP contribution in [-0.2, 0) is 16.1 Å². The Morgan fingerprint density at radius 2 is 1.76 bits per heavy atom. The normalized spacial score (nSPS) is 17.9. The summed E-state index contributed by atoms with van der Waals surface area (Å²) in [4.78, 5) is 31.5.